The first kappa shape index (κ1) is 22.6. The molecular weight excluding hydrogens is 451 g/mol. The molecule has 1 N–H and O–H groups in total. The van der Waals surface area contributed by atoms with Crippen molar-refractivity contribution >= 4 is 17.4 Å². The first-order chi connectivity index (χ1) is 16.1. The van der Waals surface area contributed by atoms with E-state index in [4.69, 9.17) is 0 Å². The predicted molar refractivity (Wildman–Crippen MR) is 118 cm³/mol. The van der Waals surface area contributed by atoms with Crippen LogP contribution < -0.4 is 5.32 Å². The van der Waals surface area contributed by atoms with Gasteiger partial charge in [-0.1, -0.05) is 12.1 Å². The van der Waals surface area contributed by atoms with Crippen LogP contribution in [0.2, 0.25) is 0 Å². The first-order valence-electron chi connectivity index (χ1n) is 9.87. The number of nitrogens with one attached hydrogen (secondary N) is 1. The Morgan fingerprint density at radius 1 is 1.06 bits per heavy atom. The Balaban J connectivity index is 1.57. The van der Waals surface area contributed by atoms with E-state index < -0.39 is 22.6 Å². The molecule has 4 rings (SSSR count). The lowest BCUT2D eigenvalue weighted by Gasteiger charge is -2.12. The number of nitrogens with zero attached hydrogens (tertiary/aromatic N) is 4. The van der Waals surface area contributed by atoms with Crippen LogP contribution in [0.15, 0.2) is 73.2 Å². The molecule has 0 aliphatic heterocycles. The molecule has 0 spiro atoms. The van der Waals surface area contributed by atoms with Crippen LogP contribution in [0.3, 0.4) is 0 Å². The Kier molecular flexibility index (Phi) is 5.84. The molecule has 4 aromatic rings. The van der Waals surface area contributed by atoms with Gasteiger partial charge in [-0.2, -0.15) is 18.3 Å². The molecule has 8 nitrogen and oxygen atoms in total. The number of aryl methyl sites for hydroxylation is 1. The smallest absolute Gasteiger partial charge is 0.358 e. The number of carbonyl (C=O) groups excluding carboxylic acids is 1. The van der Waals surface area contributed by atoms with Gasteiger partial charge >= 0.3 is 12.0 Å². The number of aromatic nitrogens is 3. The van der Waals surface area contributed by atoms with Crippen molar-refractivity contribution in [1.82, 2.24) is 14.8 Å². The van der Waals surface area contributed by atoms with E-state index >= 15 is 0 Å². The van der Waals surface area contributed by atoms with Crippen molar-refractivity contribution < 1.29 is 22.9 Å². The Morgan fingerprint density at radius 3 is 2.53 bits per heavy atom. The SMILES string of the molecule is Cc1ccc(NC(=O)c2cccc(C(F)(F)F)c2)cc1-n1cc(-c2ccc([N+](=O)[O-])nc2)cn1. The van der Waals surface area contributed by atoms with E-state index in [9.17, 15) is 28.1 Å². The van der Waals surface area contributed by atoms with Gasteiger partial charge in [0.05, 0.1) is 17.4 Å². The van der Waals surface area contributed by atoms with Gasteiger partial charge < -0.3 is 15.4 Å². The van der Waals surface area contributed by atoms with Gasteiger partial charge in [0.1, 0.15) is 6.20 Å². The first-order valence-corrected chi connectivity index (χ1v) is 9.87. The number of halogens is 3. The van der Waals surface area contributed by atoms with Crippen molar-refractivity contribution in [2.24, 2.45) is 0 Å². The van der Waals surface area contributed by atoms with Crippen LogP contribution in [0.4, 0.5) is 24.7 Å². The fraction of sp³-hybridized carbons (Fsp3) is 0.0870. The molecule has 0 aliphatic carbocycles. The summed E-state index contributed by atoms with van der Waals surface area (Å²) in [6.07, 6.45) is 0.0854. The topological polar surface area (TPSA) is 103 Å². The molecule has 2 aromatic heterocycles. The Bertz CT molecular complexity index is 1380. The number of alkyl halides is 3. The second-order valence-electron chi connectivity index (χ2n) is 7.37. The highest BCUT2D eigenvalue weighted by atomic mass is 19.4. The second kappa shape index (κ2) is 8.77. The maximum absolute atomic E-state index is 12.9. The van der Waals surface area contributed by atoms with Gasteiger partial charge in [0.2, 0.25) is 0 Å². The fourth-order valence-electron chi connectivity index (χ4n) is 3.24. The minimum Gasteiger partial charge on any atom is -0.358 e. The number of hydrogen-bond donors (Lipinski definition) is 1. The number of nitro groups is 1. The summed E-state index contributed by atoms with van der Waals surface area (Å²) in [5, 5.41) is 17.7. The van der Waals surface area contributed by atoms with E-state index in [-0.39, 0.29) is 11.4 Å². The van der Waals surface area contributed by atoms with Crippen LogP contribution >= 0.6 is 0 Å². The summed E-state index contributed by atoms with van der Waals surface area (Å²) >= 11 is 0. The highest BCUT2D eigenvalue weighted by molar-refractivity contribution is 6.04. The molecule has 34 heavy (non-hydrogen) atoms. The van der Waals surface area contributed by atoms with Gasteiger partial charge in [-0.15, -0.1) is 0 Å². The molecule has 0 bridgehead atoms. The van der Waals surface area contributed by atoms with Crippen LogP contribution in [-0.4, -0.2) is 25.6 Å². The summed E-state index contributed by atoms with van der Waals surface area (Å²) in [6, 6.07) is 12.0. The van der Waals surface area contributed by atoms with Crippen LogP contribution in [0.1, 0.15) is 21.5 Å². The number of pyridine rings is 1. The van der Waals surface area contributed by atoms with Crippen molar-refractivity contribution in [3.63, 3.8) is 0 Å². The number of amides is 1. The number of rotatable bonds is 5. The van der Waals surface area contributed by atoms with Crippen molar-refractivity contribution in [2.75, 3.05) is 5.32 Å². The largest absolute Gasteiger partial charge is 0.416 e. The summed E-state index contributed by atoms with van der Waals surface area (Å²) < 4.78 is 40.4. The molecule has 0 saturated heterocycles. The van der Waals surface area contributed by atoms with Crippen LogP contribution in [0, 0.1) is 17.0 Å². The molecule has 1 amide bonds. The third-order valence-electron chi connectivity index (χ3n) is 5.02. The van der Waals surface area contributed by atoms with Crippen molar-refractivity contribution in [1.29, 1.82) is 0 Å². The lowest BCUT2D eigenvalue weighted by atomic mass is 10.1. The Morgan fingerprint density at radius 2 is 1.85 bits per heavy atom. The lowest BCUT2D eigenvalue weighted by Crippen LogP contribution is -2.14. The molecule has 0 aliphatic rings. The summed E-state index contributed by atoms with van der Waals surface area (Å²) in [5.41, 5.74) is 2.09. The highest BCUT2D eigenvalue weighted by Gasteiger charge is 2.30. The van der Waals surface area contributed by atoms with Crippen LogP contribution in [0.25, 0.3) is 16.8 Å². The van der Waals surface area contributed by atoms with Crippen molar-refractivity contribution in [3.8, 4) is 16.8 Å². The number of anilines is 1. The zero-order chi connectivity index (χ0) is 24.5. The fourth-order valence-corrected chi connectivity index (χ4v) is 3.24. The predicted octanol–water partition coefficient (Wildman–Crippen LogP) is 5.42. The number of hydrogen-bond acceptors (Lipinski definition) is 5. The molecule has 2 aromatic carbocycles. The number of benzene rings is 2. The summed E-state index contributed by atoms with van der Waals surface area (Å²) in [4.78, 5) is 26.5. The highest BCUT2D eigenvalue weighted by Crippen LogP contribution is 2.30. The second-order valence-corrected chi connectivity index (χ2v) is 7.37. The molecule has 0 unspecified atom stereocenters. The van der Waals surface area contributed by atoms with Gasteiger partial charge in [-0.3, -0.25) is 4.79 Å². The van der Waals surface area contributed by atoms with Gasteiger partial charge in [-0.25, -0.2) is 4.68 Å². The molecule has 0 atom stereocenters. The van der Waals surface area contributed by atoms with Gasteiger partial charge in [-0.05, 0) is 58.8 Å². The van der Waals surface area contributed by atoms with Gasteiger partial charge in [0.15, 0.2) is 0 Å². The third kappa shape index (κ3) is 4.77. The Hall–Kier alpha value is -4.54. The average molecular weight is 467 g/mol. The molecule has 11 heteroatoms. The maximum Gasteiger partial charge on any atom is 0.416 e. The summed E-state index contributed by atoms with van der Waals surface area (Å²) in [5.74, 6) is -0.949. The molecule has 0 fully saturated rings. The van der Waals surface area contributed by atoms with E-state index in [1.165, 1.54) is 24.4 Å². The zero-order valence-electron chi connectivity index (χ0n) is 17.6. The molecule has 0 saturated carbocycles. The summed E-state index contributed by atoms with van der Waals surface area (Å²) in [7, 11) is 0. The van der Waals surface area contributed by atoms with Gasteiger partial charge in [0.25, 0.3) is 5.91 Å². The van der Waals surface area contributed by atoms with Crippen LogP contribution in [0.5, 0.6) is 0 Å². The minimum atomic E-state index is -4.55. The number of carbonyl (C=O) groups is 1. The van der Waals surface area contributed by atoms with E-state index in [0.717, 1.165) is 17.7 Å². The van der Waals surface area contributed by atoms with E-state index in [0.29, 0.717) is 22.5 Å². The third-order valence-corrected chi connectivity index (χ3v) is 5.02. The molecular formula is C23H16F3N5O3. The average Bonchev–Trinajstić information content (AvgIpc) is 3.30. The van der Waals surface area contributed by atoms with E-state index in [2.05, 4.69) is 15.4 Å². The Labute approximate surface area is 190 Å². The summed E-state index contributed by atoms with van der Waals surface area (Å²) in [6.45, 7) is 1.84. The van der Waals surface area contributed by atoms with E-state index in [1.807, 2.05) is 6.92 Å². The van der Waals surface area contributed by atoms with Crippen molar-refractivity contribution in [3.05, 3.63) is 100.0 Å². The van der Waals surface area contributed by atoms with Crippen LogP contribution in [-0.2, 0) is 6.18 Å². The maximum atomic E-state index is 12.9. The van der Waals surface area contributed by atoms with Gasteiger partial charge in [0, 0.05) is 34.6 Å². The molecule has 2 heterocycles. The van der Waals surface area contributed by atoms with E-state index in [1.54, 1.807) is 41.3 Å². The minimum absolute atomic E-state index is 0.121. The zero-order valence-corrected chi connectivity index (χ0v) is 17.6. The standard InChI is InChI=1S/C23H16F3N5O3/c1-14-5-7-19(29-22(32)15-3-2-4-18(9-15)23(24,25)26)10-20(14)30-13-17(12-28-30)16-6-8-21(27-11-16)31(33)34/h2-13H,1H3,(H,29,32). The quantitative estimate of drug-likeness (QED) is 0.312. The monoisotopic (exact) mass is 467 g/mol. The normalized spacial score (nSPS) is 11.3. The molecule has 172 valence electrons. The lowest BCUT2D eigenvalue weighted by molar-refractivity contribution is -0.389. The van der Waals surface area contributed by atoms with Crippen molar-refractivity contribution in [2.45, 2.75) is 13.1 Å². The molecule has 0 radical (unpaired) electrons.